The summed E-state index contributed by atoms with van der Waals surface area (Å²) in [4.78, 5) is 37.6. The van der Waals surface area contributed by atoms with E-state index < -0.39 is 42.1 Å². The Balaban J connectivity index is 1.44. The third-order valence-electron chi connectivity index (χ3n) is 7.23. The first-order valence-corrected chi connectivity index (χ1v) is 13.1. The zero-order chi connectivity index (χ0) is 27.9. The summed E-state index contributed by atoms with van der Waals surface area (Å²) in [5.74, 6) is -2.52. The van der Waals surface area contributed by atoms with Crippen molar-refractivity contribution >= 4 is 18.0 Å². The molecule has 0 saturated carbocycles. The van der Waals surface area contributed by atoms with E-state index in [1.165, 1.54) is 6.92 Å². The fourth-order valence-electron chi connectivity index (χ4n) is 4.71. The average molecular weight is 531 g/mol. The Hall–Kier alpha value is -4.17. The van der Waals surface area contributed by atoms with E-state index >= 15 is 0 Å². The van der Waals surface area contributed by atoms with Gasteiger partial charge in [-0.15, -0.1) is 0 Å². The SMILES string of the molecule is CC(NC(=O)C(NC(=O)OCC1c2ccccc2-c2ccccc21)C(C)OCc1ccccc1)C(C)C(=O)O. The maximum atomic E-state index is 13.2. The third kappa shape index (κ3) is 6.64. The van der Waals surface area contributed by atoms with Gasteiger partial charge in [0.1, 0.15) is 12.6 Å². The molecule has 3 N–H and O–H groups in total. The molecule has 0 spiro atoms. The highest BCUT2D eigenvalue weighted by atomic mass is 16.5. The van der Waals surface area contributed by atoms with Gasteiger partial charge in [-0.2, -0.15) is 0 Å². The molecule has 4 atom stereocenters. The first-order chi connectivity index (χ1) is 18.8. The van der Waals surface area contributed by atoms with Crippen LogP contribution < -0.4 is 10.6 Å². The van der Waals surface area contributed by atoms with Gasteiger partial charge in [0.2, 0.25) is 5.91 Å². The minimum absolute atomic E-state index is 0.0971. The fourth-order valence-corrected chi connectivity index (χ4v) is 4.71. The summed E-state index contributed by atoms with van der Waals surface area (Å²) in [5.41, 5.74) is 5.30. The van der Waals surface area contributed by atoms with Crippen LogP contribution in [0.5, 0.6) is 0 Å². The van der Waals surface area contributed by atoms with E-state index in [2.05, 4.69) is 22.8 Å². The molecule has 0 aromatic heterocycles. The molecule has 0 saturated heterocycles. The Morgan fingerprint density at radius 3 is 1.97 bits per heavy atom. The predicted octanol–water partition coefficient (Wildman–Crippen LogP) is 4.72. The first kappa shape index (κ1) is 27.9. The predicted molar refractivity (Wildman–Crippen MR) is 147 cm³/mol. The molecular weight excluding hydrogens is 496 g/mol. The van der Waals surface area contributed by atoms with Crippen molar-refractivity contribution in [3.8, 4) is 11.1 Å². The van der Waals surface area contributed by atoms with Gasteiger partial charge in [0.25, 0.3) is 0 Å². The number of ether oxygens (including phenoxy) is 2. The second-order valence-corrected chi connectivity index (χ2v) is 9.87. The van der Waals surface area contributed by atoms with Crippen molar-refractivity contribution in [3.05, 3.63) is 95.6 Å². The van der Waals surface area contributed by atoms with Crippen molar-refractivity contribution in [2.45, 2.75) is 51.5 Å². The molecule has 4 unspecified atom stereocenters. The second-order valence-electron chi connectivity index (χ2n) is 9.87. The van der Waals surface area contributed by atoms with Crippen LogP contribution >= 0.6 is 0 Å². The summed E-state index contributed by atoms with van der Waals surface area (Å²) in [5, 5.41) is 14.7. The van der Waals surface area contributed by atoms with Gasteiger partial charge in [0, 0.05) is 12.0 Å². The largest absolute Gasteiger partial charge is 0.481 e. The number of amides is 2. The Kier molecular flexibility index (Phi) is 8.99. The smallest absolute Gasteiger partial charge is 0.407 e. The summed E-state index contributed by atoms with van der Waals surface area (Å²) in [6, 6.07) is 23.8. The molecule has 3 aromatic rings. The molecule has 0 heterocycles. The summed E-state index contributed by atoms with van der Waals surface area (Å²) in [6.45, 7) is 5.13. The quantitative estimate of drug-likeness (QED) is 0.331. The molecule has 0 fully saturated rings. The number of carbonyl (C=O) groups excluding carboxylic acids is 2. The van der Waals surface area contributed by atoms with Crippen molar-refractivity contribution in [2.75, 3.05) is 6.61 Å². The molecule has 8 nitrogen and oxygen atoms in total. The lowest BCUT2D eigenvalue weighted by Gasteiger charge is -2.27. The third-order valence-corrected chi connectivity index (χ3v) is 7.23. The van der Waals surface area contributed by atoms with Crippen LogP contribution in [0.2, 0.25) is 0 Å². The number of fused-ring (bicyclic) bond motifs is 3. The minimum Gasteiger partial charge on any atom is -0.481 e. The van der Waals surface area contributed by atoms with Gasteiger partial charge in [-0.05, 0) is 48.6 Å². The van der Waals surface area contributed by atoms with E-state index in [0.717, 1.165) is 27.8 Å². The molecule has 4 rings (SSSR count). The number of hydrogen-bond acceptors (Lipinski definition) is 5. The van der Waals surface area contributed by atoms with Crippen LogP contribution in [-0.4, -0.2) is 47.9 Å². The molecule has 39 heavy (non-hydrogen) atoms. The topological polar surface area (TPSA) is 114 Å². The average Bonchev–Trinajstić information content (AvgIpc) is 3.27. The lowest BCUT2D eigenvalue weighted by Crippen LogP contribution is -2.56. The number of benzene rings is 3. The van der Waals surface area contributed by atoms with Crippen LogP contribution in [-0.2, 0) is 25.7 Å². The van der Waals surface area contributed by atoms with Crippen LogP contribution in [0.15, 0.2) is 78.9 Å². The molecule has 2 amide bonds. The van der Waals surface area contributed by atoms with Gasteiger partial charge in [-0.25, -0.2) is 4.79 Å². The number of aliphatic carboxylic acids is 1. The Labute approximate surface area is 228 Å². The van der Waals surface area contributed by atoms with E-state index in [1.807, 2.05) is 66.7 Å². The van der Waals surface area contributed by atoms with Crippen molar-refractivity contribution < 1.29 is 29.0 Å². The molecular formula is C31H34N2O6. The molecule has 0 aliphatic heterocycles. The summed E-state index contributed by atoms with van der Waals surface area (Å²) < 4.78 is 11.6. The van der Waals surface area contributed by atoms with Crippen molar-refractivity contribution in [2.24, 2.45) is 5.92 Å². The fraction of sp³-hybridized carbons (Fsp3) is 0.323. The highest BCUT2D eigenvalue weighted by Crippen LogP contribution is 2.44. The maximum absolute atomic E-state index is 13.2. The second kappa shape index (κ2) is 12.6. The molecule has 1 aliphatic carbocycles. The first-order valence-electron chi connectivity index (χ1n) is 13.1. The number of carbonyl (C=O) groups is 3. The number of hydrogen-bond donors (Lipinski definition) is 3. The van der Waals surface area contributed by atoms with Gasteiger partial charge < -0.3 is 25.2 Å². The van der Waals surface area contributed by atoms with Crippen LogP contribution in [0.25, 0.3) is 11.1 Å². The van der Waals surface area contributed by atoms with Crippen molar-refractivity contribution in [1.29, 1.82) is 0 Å². The maximum Gasteiger partial charge on any atom is 0.407 e. The van der Waals surface area contributed by atoms with Gasteiger partial charge in [0.15, 0.2) is 0 Å². The van der Waals surface area contributed by atoms with E-state index in [-0.39, 0.29) is 19.1 Å². The molecule has 0 radical (unpaired) electrons. The Bertz CT molecular complexity index is 1270. The summed E-state index contributed by atoms with van der Waals surface area (Å²) >= 11 is 0. The number of nitrogens with one attached hydrogen (secondary N) is 2. The highest BCUT2D eigenvalue weighted by Gasteiger charge is 2.33. The number of rotatable bonds is 11. The number of carboxylic acids is 1. The van der Waals surface area contributed by atoms with Gasteiger partial charge in [-0.1, -0.05) is 78.9 Å². The van der Waals surface area contributed by atoms with E-state index in [4.69, 9.17) is 9.47 Å². The lowest BCUT2D eigenvalue weighted by atomic mass is 9.98. The molecule has 1 aliphatic rings. The molecule has 3 aromatic carbocycles. The van der Waals surface area contributed by atoms with Crippen LogP contribution in [0.4, 0.5) is 4.79 Å². The van der Waals surface area contributed by atoms with Crippen LogP contribution in [0.3, 0.4) is 0 Å². The Morgan fingerprint density at radius 2 is 1.38 bits per heavy atom. The van der Waals surface area contributed by atoms with Gasteiger partial charge >= 0.3 is 12.1 Å². The standard InChI is InChI=1S/C31H34N2O6/c1-19(30(35)36)20(2)32-29(34)28(21(3)38-17-22-11-5-4-6-12-22)33-31(37)39-18-27-25-15-9-7-13-23(25)24-14-8-10-16-26(24)27/h4-16,19-21,27-28H,17-18H2,1-3H3,(H,32,34)(H,33,37)(H,35,36). The van der Waals surface area contributed by atoms with Gasteiger partial charge in [-0.3, -0.25) is 9.59 Å². The van der Waals surface area contributed by atoms with Crippen molar-refractivity contribution in [3.63, 3.8) is 0 Å². The lowest BCUT2D eigenvalue weighted by molar-refractivity contribution is -0.142. The monoisotopic (exact) mass is 530 g/mol. The zero-order valence-corrected chi connectivity index (χ0v) is 22.3. The number of carboxylic acid groups (broad SMARTS) is 1. The molecule has 204 valence electrons. The molecule has 8 heteroatoms. The normalized spacial score (nSPS) is 15.3. The summed E-state index contributed by atoms with van der Waals surface area (Å²) in [6.07, 6.45) is -1.48. The minimum atomic E-state index is -1.10. The van der Waals surface area contributed by atoms with E-state index in [0.29, 0.717) is 0 Å². The number of alkyl carbamates (subject to hydrolysis) is 1. The van der Waals surface area contributed by atoms with Crippen LogP contribution in [0, 0.1) is 5.92 Å². The zero-order valence-electron chi connectivity index (χ0n) is 22.3. The van der Waals surface area contributed by atoms with E-state index in [9.17, 15) is 19.5 Å². The van der Waals surface area contributed by atoms with Gasteiger partial charge in [0.05, 0.1) is 18.6 Å². The highest BCUT2D eigenvalue weighted by molar-refractivity contribution is 5.87. The van der Waals surface area contributed by atoms with Crippen molar-refractivity contribution in [1.82, 2.24) is 10.6 Å². The Morgan fingerprint density at radius 1 is 0.821 bits per heavy atom. The summed E-state index contributed by atoms with van der Waals surface area (Å²) in [7, 11) is 0. The van der Waals surface area contributed by atoms with Crippen LogP contribution in [0.1, 0.15) is 43.4 Å². The van der Waals surface area contributed by atoms with E-state index in [1.54, 1.807) is 13.8 Å². The molecule has 0 bridgehead atoms.